The van der Waals surface area contributed by atoms with E-state index in [4.69, 9.17) is 5.11 Å². The zero-order valence-electron chi connectivity index (χ0n) is 11.9. The smallest absolute Gasteiger partial charge is 0.304 e. The third-order valence-corrected chi connectivity index (χ3v) is 6.81. The molecule has 0 aliphatic heterocycles. The van der Waals surface area contributed by atoms with Crippen LogP contribution in [-0.4, -0.2) is 36.4 Å². The van der Waals surface area contributed by atoms with Crippen molar-refractivity contribution in [2.24, 2.45) is 0 Å². The van der Waals surface area contributed by atoms with Crippen molar-refractivity contribution in [1.29, 1.82) is 0 Å². The van der Waals surface area contributed by atoms with Crippen molar-refractivity contribution in [3.8, 4) is 0 Å². The summed E-state index contributed by atoms with van der Waals surface area (Å²) < 4.78 is 27.9. The van der Waals surface area contributed by atoms with E-state index in [0.29, 0.717) is 8.95 Å². The van der Waals surface area contributed by atoms with Crippen LogP contribution in [0.2, 0.25) is 0 Å². The van der Waals surface area contributed by atoms with Crippen LogP contribution in [0, 0.1) is 6.92 Å². The predicted octanol–water partition coefficient (Wildman–Crippen LogP) is 3.39. The zero-order chi connectivity index (χ0) is 16.4. The van der Waals surface area contributed by atoms with Gasteiger partial charge in [-0.3, -0.25) is 4.79 Å². The molecule has 0 aliphatic rings. The van der Waals surface area contributed by atoms with Crippen LogP contribution in [0.15, 0.2) is 26.0 Å². The molecule has 0 fully saturated rings. The Labute approximate surface area is 141 Å². The summed E-state index contributed by atoms with van der Waals surface area (Å²) in [6.07, 6.45) is -0.234. The van der Waals surface area contributed by atoms with Gasteiger partial charge in [-0.2, -0.15) is 4.31 Å². The zero-order valence-corrected chi connectivity index (χ0v) is 15.9. The van der Waals surface area contributed by atoms with Crippen molar-refractivity contribution in [3.05, 3.63) is 26.6 Å². The third kappa shape index (κ3) is 4.51. The first kappa shape index (κ1) is 18.6. The van der Waals surface area contributed by atoms with Gasteiger partial charge in [0.15, 0.2) is 0 Å². The van der Waals surface area contributed by atoms with Crippen LogP contribution in [0.4, 0.5) is 0 Å². The number of carbonyl (C=O) groups is 1. The number of nitrogens with zero attached hydrogens (tertiary/aromatic N) is 1. The maximum Gasteiger partial charge on any atom is 0.304 e. The van der Waals surface area contributed by atoms with Crippen molar-refractivity contribution < 1.29 is 18.3 Å². The molecule has 1 rings (SSSR count). The van der Waals surface area contributed by atoms with Gasteiger partial charge in [-0.15, -0.1) is 0 Å². The molecule has 0 atom stereocenters. The quantitative estimate of drug-likeness (QED) is 0.732. The van der Waals surface area contributed by atoms with E-state index in [1.54, 1.807) is 19.9 Å². The average Bonchev–Trinajstić information content (AvgIpc) is 2.32. The minimum atomic E-state index is -3.77. The van der Waals surface area contributed by atoms with Crippen molar-refractivity contribution in [2.45, 2.75) is 38.1 Å². The van der Waals surface area contributed by atoms with Crippen LogP contribution in [0.5, 0.6) is 0 Å². The molecule has 0 aliphatic carbocycles. The van der Waals surface area contributed by atoms with E-state index in [-0.39, 0.29) is 23.9 Å². The number of rotatable bonds is 6. The maximum atomic E-state index is 12.8. The van der Waals surface area contributed by atoms with Gasteiger partial charge in [0.25, 0.3) is 0 Å². The molecule has 0 spiro atoms. The lowest BCUT2D eigenvalue weighted by molar-refractivity contribution is -0.137. The molecule has 0 saturated carbocycles. The monoisotopic (exact) mass is 441 g/mol. The minimum absolute atomic E-state index is 0.0622. The molecule has 1 aromatic carbocycles. The fraction of sp³-hybridized carbons (Fsp3) is 0.462. The number of benzene rings is 1. The van der Waals surface area contributed by atoms with Gasteiger partial charge < -0.3 is 5.11 Å². The largest absolute Gasteiger partial charge is 0.481 e. The van der Waals surface area contributed by atoms with Gasteiger partial charge in [0, 0.05) is 21.5 Å². The molecule has 0 unspecified atom stereocenters. The fourth-order valence-corrected chi connectivity index (χ4v) is 5.09. The molecule has 5 nitrogen and oxygen atoms in total. The molecule has 118 valence electrons. The highest BCUT2D eigenvalue weighted by Crippen LogP contribution is 2.31. The Balaban J connectivity index is 3.29. The van der Waals surface area contributed by atoms with Gasteiger partial charge in [-0.25, -0.2) is 8.42 Å². The number of halogens is 2. The normalized spacial score (nSPS) is 12.1. The van der Waals surface area contributed by atoms with E-state index in [1.807, 2.05) is 6.92 Å². The number of aliphatic carboxylic acids is 1. The van der Waals surface area contributed by atoms with E-state index in [9.17, 15) is 13.2 Å². The number of hydrogen-bond donors (Lipinski definition) is 1. The van der Waals surface area contributed by atoms with Crippen molar-refractivity contribution in [1.82, 2.24) is 4.31 Å². The molecule has 0 radical (unpaired) electrons. The highest BCUT2D eigenvalue weighted by Gasteiger charge is 2.29. The Bertz CT molecular complexity index is 644. The minimum Gasteiger partial charge on any atom is -0.481 e. The second-order valence-corrected chi connectivity index (χ2v) is 8.45. The molecule has 8 heteroatoms. The van der Waals surface area contributed by atoms with Gasteiger partial charge in [0.05, 0.1) is 11.3 Å². The second-order valence-electron chi connectivity index (χ2n) is 4.89. The Morgan fingerprint density at radius 3 is 2.33 bits per heavy atom. The number of carboxylic acid groups (broad SMARTS) is 1. The van der Waals surface area contributed by atoms with Crippen molar-refractivity contribution in [3.63, 3.8) is 0 Å². The summed E-state index contributed by atoms with van der Waals surface area (Å²) in [6, 6.07) is 2.92. The van der Waals surface area contributed by atoms with Crippen LogP contribution < -0.4 is 0 Å². The average molecular weight is 443 g/mol. The number of hydrogen-bond acceptors (Lipinski definition) is 3. The summed E-state index contributed by atoms with van der Waals surface area (Å²) in [6.45, 7) is 5.23. The highest BCUT2D eigenvalue weighted by atomic mass is 79.9. The molecule has 0 aromatic heterocycles. The van der Waals surface area contributed by atoms with Gasteiger partial charge in [-0.1, -0.05) is 15.9 Å². The number of aryl methyl sites for hydroxylation is 1. The van der Waals surface area contributed by atoms with Crippen LogP contribution in [0.1, 0.15) is 25.8 Å². The van der Waals surface area contributed by atoms with Gasteiger partial charge in [-0.05, 0) is 54.4 Å². The number of carboxylic acids is 1. The molecular formula is C13H17Br2NO4S. The first-order chi connectivity index (χ1) is 9.57. The Hall–Kier alpha value is -0.440. The third-order valence-electron chi connectivity index (χ3n) is 2.92. The topological polar surface area (TPSA) is 74.7 Å². The summed E-state index contributed by atoms with van der Waals surface area (Å²) in [5, 5.41) is 8.78. The van der Waals surface area contributed by atoms with E-state index >= 15 is 0 Å². The van der Waals surface area contributed by atoms with Gasteiger partial charge >= 0.3 is 5.97 Å². The summed E-state index contributed by atoms with van der Waals surface area (Å²) in [5.41, 5.74) is 0.905. The van der Waals surface area contributed by atoms with Crippen molar-refractivity contribution >= 4 is 47.9 Å². The van der Waals surface area contributed by atoms with E-state index in [0.717, 1.165) is 5.56 Å². The lowest BCUT2D eigenvalue weighted by Crippen LogP contribution is -2.38. The Morgan fingerprint density at radius 2 is 1.86 bits per heavy atom. The maximum absolute atomic E-state index is 12.8. The molecule has 0 amide bonds. The predicted molar refractivity (Wildman–Crippen MR) is 87.9 cm³/mol. The SMILES string of the molecule is Cc1cc(Br)c(S(=O)(=O)N(CCC(=O)O)C(C)C)cc1Br. The summed E-state index contributed by atoms with van der Waals surface area (Å²) in [5.74, 6) is -1.03. The lowest BCUT2D eigenvalue weighted by Gasteiger charge is -2.26. The second kappa shape index (κ2) is 7.21. The molecule has 0 saturated heterocycles. The van der Waals surface area contributed by atoms with Crippen LogP contribution in [0.25, 0.3) is 0 Å². The molecule has 0 heterocycles. The lowest BCUT2D eigenvalue weighted by atomic mass is 10.2. The van der Waals surface area contributed by atoms with Crippen LogP contribution in [0.3, 0.4) is 0 Å². The summed E-state index contributed by atoms with van der Waals surface area (Å²) >= 11 is 6.59. The summed E-state index contributed by atoms with van der Waals surface area (Å²) in [4.78, 5) is 10.8. The Kier molecular flexibility index (Phi) is 6.39. The highest BCUT2D eigenvalue weighted by molar-refractivity contribution is 9.11. The van der Waals surface area contributed by atoms with E-state index in [1.165, 1.54) is 10.4 Å². The fourth-order valence-electron chi connectivity index (χ4n) is 1.81. The molecule has 1 N–H and O–H groups in total. The molecule has 0 bridgehead atoms. The van der Waals surface area contributed by atoms with Crippen molar-refractivity contribution in [2.75, 3.05) is 6.54 Å². The van der Waals surface area contributed by atoms with E-state index < -0.39 is 16.0 Å². The Morgan fingerprint density at radius 1 is 1.29 bits per heavy atom. The van der Waals surface area contributed by atoms with Gasteiger partial charge in [0.1, 0.15) is 0 Å². The first-order valence-electron chi connectivity index (χ1n) is 6.26. The first-order valence-corrected chi connectivity index (χ1v) is 9.29. The van der Waals surface area contributed by atoms with Crippen LogP contribution in [-0.2, 0) is 14.8 Å². The van der Waals surface area contributed by atoms with E-state index in [2.05, 4.69) is 31.9 Å². The molecule has 1 aromatic rings. The standard InChI is InChI=1S/C13H17Br2NO4S/c1-8(2)16(5-4-13(17)18)21(19,20)12-7-10(14)9(3)6-11(12)15/h6-8H,4-5H2,1-3H3,(H,17,18). The van der Waals surface area contributed by atoms with Gasteiger partial charge in [0.2, 0.25) is 10.0 Å². The summed E-state index contributed by atoms with van der Waals surface area (Å²) in [7, 11) is -3.77. The molecule has 21 heavy (non-hydrogen) atoms. The van der Waals surface area contributed by atoms with Crippen LogP contribution >= 0.6 is 31.9 Å². The number of sulfonamides is 1. The molecular weight excluding hydrogens is 426 g/mol.